The molecule has 1 aliphatic rings. The first kappa shape index (κ1) is 20.2. The number of aliphatic hydroxyl groups is 1. The second kappa shape index (κ2) is 7.10. The predicted molar refractivity (Wildman–Crippen MR) is 95.9 cm³/mol. The van der Waals surface area contributed by atoms with Crippen molar-refractivity contribution in [2.75, 3.05) is 0 Å². The molecule has 1 saturated heterocycles. The minimum Gasteiger partial charge on any atom is -0.363 e. The summed E-state index contributed by atoms with van der Waals surface area (Å²) in [6.07, 6.45) is -5.29. The molecule has 148 valence electrons. The van der Waals surface area contributed by atoms with Crippen molar-refractivity contribution < 1.29 is 27.9 Å². The molecule has 0 aromatic heterocycles. The van der Waals surface area contributed by atoms with E-state index in [0.29, 0.717) is 5.02 Å². The van der Waals surface area contributed by atoms with Crippen molar-refractivity contribution >= 4 is 23.4 Å². The highest BCUT2D eigenvalue weighted by molar-refractivity contribution is 6.30. The molecule has 2 aromatic carbocycles. The molecule has 3 N–H and O–H groups in total. The van der Waals surface area contributed by atoms with E-state index in [-0.39, 0.29) is 11.1 Å². The Labute approximate surface area is 163 Å². The number of benzene rings is 2. The minimum absolute atomic E-state index is 0.0767. The molecule has 0 aliphatic carbocycles. The average molecular weight is 413 g/mol. The maximum Gasteiger partial charge on any atom is 0.437 e. The molecule has 0 unspecified atom stereocenters. The number of nitrogens with one attached hydrogen (secondary N) is 2. The molecule has 0 saturated carbocycles. The van der Waals surface area contributed by atoms with Crippen molar-refractivity contribution in [2.45, 2.75) is 24.9 Å². The Morgan fingerprint density at radius 2 is 1.68 bits per heavy atom. The van der Waals surface area contributed by atoms with Gasteiger partial charge in [-0.15, -0.1) is 0 Å². The smallest absolute Gasteiger partial charge is 0.363 e. The lowest BCUT2D eigenvalue weighted by atomic mass is 9.77. The van der Waals surface area contributed by atoms with Crippen LogP contribution in [0.3, 0.4) is 0 Å². The van der Waals surface area contributed by atoms with E-state index in [0.717, 1.165) is 5.56 Å². The van der Waals surface area contributed by atoms with E-state index in [1.165, 1.54) is 41.7 Å². The number of hydrogen-bond acceptors (Lipinski definition) is 3. The number of hydrogen-bond donors (Lipinski definition) is 3. The standard InChI is InChI=1S/C19H16ClF3N2O3/c1-10-2-4-11(5-3-10)15-14(16(26)12-6-8-13(20)9-7-12)18(28,19(21,22)23)25-17(27)24-15/h2-9,14-15,28H,1H3,(H2,24,25,27)/t14-,15-,18+/m0/s1. The van der Waals surface area contributed by atoms with Crippen LogP contribution in [0.1, 0.15) is 27.5 Å². The highest BCUT2D eigenvalue weighted by Gasteiger charge is 2.66. The molecular weight excluding hydrogens is 397 g/mol. The summed E-state index contributed by atoms with van der Waals surface area (Å²) in [6, 6.07) is 8.91. The third-order valence-electron chi connectivity index (χ3n) is 4.65. The van der Waals surface area contributed by atoms with Gasteiger partial charge in [0.15, 0.2) is 5.78 Å². The number of Topliss-reactive ketones (excluding diaryl/α,β-unsaturated/α-hetero) is 1. The van der Waals surface area contributed by atoms with Gasteiger partial charge in [0.1, 0.15) is 5.92 Å². The summed E-state index contributed by atoms with van der Waals surface area (Å²) in [6.45, 7) is 1.78. The van der Waals surface area contributed by atoms with Gasteiger partial charge >= 0.3 is 12.2 Å². The van der Waals surface area contributed by atoms with Gasteiger partial charge in [-0.3, -0.25) is 4.79 Å². The van der Waals surface area contributed by atoms with Gasteiger partial charge in [0.25, 0.3) is 0 Å². The Morgan fingerprint density at radius 3 is 2.21 bits per heavy atom. The Morgan fingerprint density at radius 1 is 1.11 bits per heavy atom. The number of ketones is 1. The summed E-state index contributed by atoms with van der Waals surface area (Å²) in [4.78, 5) is 25.0. The molecule has 0 spiro atoms. The summed E-state index contributed by atoms with van der Waals surface area (Å²) in [7, 11) is 0. The van der Waals surface area contributed by atoms with E-state index in [2.05, 4.69) is 5.32 Å². The summed E-state index contributed by atoms with van der Waals surface area (Å²) >= 11 is 5.78. The normalized spacial score (nSPS) is 25.0. The summed E-state index contributed by atoms with van der Waals surface area (Å²) < 4.78 is 41.3. The van der Waals surface area contributed by atoms with Crippen LogP contribution >= 0.6 is 11.6 Å². The Hall–Kier alpha value is -2.58. The zero-order chi connectivity index (χ0) is 20.7. The number of rotatable bonds is 3. The van der Waals surface area contributed by atoms with E-state index in [4.69, 9.17) is 11.6 Å². The van der Waals surface area contributed by atoms with Crippen molar-refractivity contribution in [1.29, 1.82) is 0 Å². The zero-order valence-corrected chi connectivity index (χ0v) is 15.3. The average Bonchev–Trinajstić information content (AvgIpc) is 2.61. The van der Waals surface area contributed by atoms with Crippen LogP contribution in [0.15, 0.2) is 48.5 Å². The van der Waals surface area contributed by atoms with E-state index in [1.807, 2.05) is 0 Å². The monoisotopic (exact) mass is 412 g/mol. The van der Waals surface area contributed by atoms with Crippen molar-refractivity contribution in [3.63, 3.8) is 0 Å². The maximum absolute atomic E-state index is 13.8. The lowest BCUT2D eigenvalue weighted by Gasteiger charge is -2.45. The van der Waals surface area contributed by atoms with Gasteiger partial charge in [0.2, 0.25) is 5.72 Å². The van der Waals surface area contributed by atoms with Crippen LogP contribution in [0.2, 0.25) is 5.02 Å². The predicted octanol–water partition coefficient (Wildman–Crippen LogP) is 3.75. The van der Waals surface area contributed by atoms with E-state index in [9.17, 15) is 27.9 Å². The van der Waals surface area contributed by atoms with Gasteiger partial charge in [-0.2, -0.15) is 13.2 Å². The van der Waals surface area contributed by atoms with Crippen LogP contribution < -0.4 is 10.6 Å². The topological polar surface area (TPSA) is 78.4 Å². The summed E-state index contributed by atoms with van der Waals surface area (Å²) in [5.41, 5.74) is -2.72. The molecule has 5 nitrogen and oxygen atoms in total. The van der Waals surface area contributed by atoms with Crippen molar-refractivity contribution in [2.24, 2.45) is 5.92 Å². The molecule has 1 fully saturated rings. The van der Waals surface area contributed by atoms with Crippen LogP contribution in [0, 0.1) is 12.8 Å². The molecule has 3 atom stereocenters. The largest absolute Gasteiger partial charge is 0.437 e. The molecule has 1 aliphatic heterocycles. The van der Waals surface area contributed by atoms with Crippen molar-refractivity contribution in [3.05, 3.63) is 70.2 Å². The minimum atomic E-state index is -5.29. The van der Waals surface area contributed by atoms with Crippen LogP contribution in [-0.4, -0.2) is 28.8 Å². The molecule has 0 bridgehead atoms. The first-order valence-corrected chi connectivity index (χ1v) is 8.65. The fraction of sp³-hybridized carbons (Fsp3) is 0.263. The van der Waals surface area contributed by atoms with E-state index < -0.39 is 35.7 Å². The number of amides is 2. The number of carbonyl (C=O) groups is 2. The van der Waals surface area contributed by atoms with Gasteiger partial charge in [0.05, 0.1) is 6.04 Å². The lowest BCUT2D eigenvalue weighted by Crippen LogP contribution is -2.72. The first-order chi connectivity index (χ1) is 13.0. The van der Waals surface area contributed by atoms with Gasteiger partial charge < -0.3 is 15.7 Å². The van der Waals surface area contributed by atoms with Crippen LogP contribution in [0.4, 0.5) is 18.0 Å². The Bertz CT molecular complexity index is 900. The number of halogens is 4. The highest BCUT2D eigenvalue weighted by Crippen LogP contribution is 2.44. The molecule has 2 aromatic rings. The highest BCUT2D eigenvalue weighted by atomic mass is 35.5. The molecule has 3 rings (SSSR count). The van der Waals surface area contributed by atoms with Crippen LogP contribution in [0.5, 0.6) is 0 Å². The Kier molecular flexibility index (Phi) is 5.12. The van der Waals surface area contributed by atoms with Crippen molar-refractivity contribution in [1.82, 2.24) is 10.6 Å². The maximum atomic E-state index is 13.8. The van der Waals surface area contributed by atoms with Crippen LogP contribution in [-0.2, 0) is 0 Å². The second-order valence-corrected chi connectivity index (χ2v) is 7.04. The van der Waals surface area contributed by atoms with Crippen LogP contribution in [0.25, 0.3) is 0 Å². The Balaban J connectivity index is 2.15. The third-order valence-corrected chi connectivity index (χ3v) is 4.91. The zero-order valence-electron chi connectivity index (χ0n) is 14.5. The molecule has 9 heteroatoms. The van der Waals surface area contributed by atoms with Gasteiger partial charge in [-0.25, -0.2) is 4.79 Å². The number of carbonyl (C=O) groups excluding carboxylic acids is 2. The van der Waals surface area contributed by atoms with Gasteiger partial charge in [-0.1, -0.05) is 41.4 Å². The molecule has 0 radical (unpaired) electrons. The molecular formula is C19H16ClF3N2O3. The second-order valence-electron chi connectivity index (χ2n) is 6.60. The SMILES string of the molecule is Cc1ccc([C@@H]2NC(=O)N[C@](O)(C(F)(F)F)[C@@H]2C(=O)c2ccc(Cl)cc2)cc1. The fourth-order valence-corrected chi connectivity index (χ4v) is 3.31. The molecule has 1 heterocycles. The fourth-order valence-electron chi connectivity index (χ4n) is 3.18. The van der Waals surface area contributed by atoms with E-state index in [1.54, 1.807) is 19.1 Å². The first-order valence-electron chi connectivity index (χ1n) is 8.27. The third kappa shape index (κ3) is 3.57. The lowest BCUT2D eigenvalue weighted by molar-refractivity contribution is -0.287. The molecule has 2 amide bonds. The van der Waals surface area contributed by atoms with E-state index >= 15 is 0 Å². The van der Waals surface area contributed by atoms with Crippen molar-refractivity contribution in [3.8, 4) is 0 Å². The summed E-state index contributed by atoms with van der Waals surface area (Å²) in [5.74, 6) is -3.05. The van der Waals surface area contributed by atoms with Gasteiger partial charge in [0, 0.05) is 10.6 Å². The number of urea groups is 1. The number of alkyl halides is 3. The summed E-state index contributed by atoms with van der Waals surface area (Å²) in [5, 5.41) is 14.6. The molecule has 28 heavy (non-hydrogen) atoms. The quantitative estimate of drug-likeness (QED) is 0.672. The number of aryl methyl sites for hydroxylation is 1. The van der Waals surface area contributed by atoms with Gasteiger partial charge in [-0.05, 0) is 36.8 Å².